The van der Waals surface area contributed by atoms with Crippen LogP contribution >= 0.6 is 15.9 Å². The number of rotatable bonds is 2. The molecule has 1 aliphatic rings. The molecular weight excluding hydrogens is 256 g/mol. The molecule has 1 aromatic carbocycles. The number of benzene rings is 1. The van der Waals surface area contributed by atoms with Crippen molar-refractivity contribution < 1.29 is 9.53 Å². The van der Waals surface area contributed by atoms with E-state index in [2.05, 4.69) is 15.9 Å². The van der Waals surface area contributed by atoms with Crippen LogP contribution in [0.2, 0.25) is 0 Å². The lowest BCUT2D eigenvalue weighted by atomic mass is 9.70. The van der Waals surface area contributed by atoms with Gasteiger partial charge in [0.05, 0.1) is 5.41 Å². The predicted octanol–water partition coefficient (Wildman–Crippen LogP) is 3.54. The van der Waals surface area contributed by atoms with E-state index in [9.17, 15) is 4.79 Å². The highest BCUT2D eigenvalue weighted by molar-refractivity contribution is 9.10. The molecule has 0 aromatic heterocycles. The Hall–Kier alpha value is -0.830. The average molecular weight is 269 g/mol. The third-order valence-corrected chi connectivity index (χ3v) is 3.50. The first kappa shape index (κ1) is 10.7. The summed E-state index contributed by atoms with van der Waals surface area (Å²) < 4.78 is 6.30. The van der Waals surface area contributed by atoms with E-state index in [0.717, 1.165) is 23.7 Å². The van der Waals surface area contributed by atoms with Gasteiger partial charge in [-0.1, -0.05) is 22.4 Å². The summed E-state index contributed by atoms with van der Waals surface area (Å²) >= 11 is 3.34. The highest BCUT2D eigenvalue weighted by atomic mass is 79.9. The minimum absolute atomic E-state index is 0.101. The molecular formula is C12H13BrO2. The first-order chi connectivity index (χ1) is 7.10. The highest BCUT2D eigenvalue weighted by Crippen LogP contribution is 2.41. The first-order valence-electron chi connectivity index (χ1n) is 5.08. The summed E-state index contributed by atoms with van der Waals surface area (Å²) in [5.41, 5.74) is -0.243. The number of ether oxygens (including phenoxy) is 1. The van der Waals surface area contributed by atoms with Gasteiger partial charge in [-0.15, -0.1) is 0 Å². The number of esters is 1. The minimum Gasteiger partial charge on any atom is -0.426 e. The van der Waals surface area contributed by atoms with E-state index in [4.69, 9.17) is 4.74 Å². The lowest BCUT2D eigenvalue weighted by Crippen LogP contribution is -2.37. The molecule has 3 heteroatoms. The second-order valence-corrected chi connectivity index (χ2v) is 5.17. The van der Waals surface area contributed by atoms with Gasteiger partial charge in [-0.25, -0.2) is 0 Å². The van der Waals surface area contributed by atoms with Gasteiger partial charge in [-0.05, 0) is 44.0 Å². The maximum Gasteiger partial charge on any atom is 0.317 e. The van der Waals surface area contributed by atoms with Crippen LogP contribution in [0, 0.1) is 5.41 Å². The fourth-order valence-electron chi connectivity index (χ4n) is 1.64. The molecule has 1 aliphatic carbocycles. The van der Waals surface area contributed by atoms with E-state index in [0.29, 0.717) is 5.75 Å². The van der Waals surface area contributed by atoms with Gasteiger partial charge in [0.25, 0.3) is 0 Å². The molecule has 0 unspecified atom stereocenters. The van der Waals surface area contributed by atoms with E-state index >= 15 is 0 Å². The molecule has 0 aliphatic heterocycles. The minimum atomic E-state index is -0.243. The summed E-state index contributed by atoms with van der Waals surface area (Å²) in [4.78, 5) is 11.8. The smallest absolute Gasteiger partial charge is 0.317 e. The van der Waals surface area contributed by atoms with Crippen molar-refractivity contribution in [3.05, 3.63) is 28.7 Å². The van der Waals surface area contributed by atoms with Crippen LogP contribution in [-0.2, 0) is 4.79 Å². The Morgan fingerprint density at radius 3 is 2.40 bits per heavy atom. The molecule has 2 nitrogen and oxygen atoms in total. The van der Waals surface area contributed by atoms with Crippen LogP contribution in [0.1, 0.15) is 26.2 Å². The molecule has 1 aromatic rings. The number of hydrogen-bond acceptors (Lipinski definition) is 2. The summed E-state index contributed by atoms with van der Waals surface area (Å²) in [6.45, 7) is 1.97. The fourth-order valence-corrected chi connectivity index (χ4v) is 1.91. The Morgan fingerprint density at radius 1 is 1.33 bits per heavy atom. The van der Waals surface area contributed by atoms with Crippen LogP contribution in [0.3, 0.4) is 0 Å². The van der Waals surface area contributed by atoms with Crippen LogP contribution in [0.25, 0.3) is 0 Å². The lowest BCUT2D eigenvalue weighted by molar-refractivity contribution is -0.149. The Balaban J connectivity index is 2.02. The Morgan fingerprint density at radius 2 is 1.93 bits per heavy atom. The van der Waals surface area contributed by atoms with Crippen LogP contribution < -0.4 is 4.74 Å². The van der Waals surface area contributed by atoms with Crippen molar-refractivity contribution in [1.82, 2.24) is 0 Å². The van der Waals surface area contributed by atoms with Crippen LogP contribution in [0.4, 0.5) is 0 Å². The normalized spacial score (nSPS) is 18.0. The maximum absolute atomic E-state index is 11.8. The third kappa shape index (κ3) is 2.23. The number of halogens is 1. The molecule has 1 saturated carbocycles. The van der Waals surface area contributed by atoms with Gasteiger partial charge in [0.15, 0.2) is 0 Å². The number of hydrogen-bond donors (Lipinski definition) is 0. The van der Waals surface area contributed by atoms with Crippen LogP contribution in [0.5, 0.6) is 5.75 Å². The fraction of sp³-hybridized carbons (Fsp3) is 0.417. The molecule has 80 valence electrons. The van der Waals surface area contributed by atoms with Gasteiger partial charge < -0.3 is 4.74 Å². The van der Waals surface area contributed by atoms with Gasteiger partial charge in [0.2, 0.25) is 0 Å². The SMILES string of the molecule is CC1(C(=O)Oc2ccc(Br)cc2)CCC1. The molecule has 0 radical (unpaired) electrons. The van der Waals surface area contributed by atoms with Gasteiger partial charge >= 0.3 is 5.97 Å². The zero-order valence-electron chi connectivity index (χ0n) is 8.63. The zero-order valence-corrected chi connectivity index (χ0v) is 10.2. The van der Waals surface area contributed by atoms with Crippen molar-refractivity contribution in [2.45, 2.75) is 26.2 Å². The van der Waals surface area contributed by atoms with Crippen molar-refractivity contribution in [3.63, 3.8) is 0 Å². The third-order valence-electron chi connectivity index (χ3n) is 2.97. The second kappa shape index (κ2) is 3.97. The second-order valence-electron chi connectivity index (χ2n) is 4.26. The van der Waals surface area contributed by atoms with Gasteiger partial charge in [0.1, 0.15) is 5.75 Å². The summed E-state index contributed by atoms with van der Waals surface area (Å²) in [6.07, 6.45) is 3.02. The largest absolute Gasteiger partial charge is 0.426 e. The summed E-state index contributed by atoms with van der Waals surface area (Å²) in [5, 5.41) is 0. The molecule has 0 heterocycles. The lowest BCUT2D eigenvalue weighted by Gasteiger charge is -2.35. The molecule has 0 amide bonds. The van der Waals surface area contributed by atoms with Crippen molar-refractivity contribution in [2.75, 3.05) is 0 Å². The Labute approximate surface area is 97.8 Å². The molecule has 1 fully saturated rings. The van der Waals surface area contributed by atoms with Gasteiger partial charge in [-0.2, -0.15) is 0 Å². The van der Waals surface area contributed by atoms with Crippen LogP contribution in [-0.4, -0.2) is 5.97 Å². The molecule has 0 spiro atoms. The number of carbonyl (C=O) groups is 1. The summed E-state index contributed by atoms with van der Waals surface area (Å²) in [5.74, 6) is 0.521. The molecule has 0 atom stereocenters. The van der Waals surface area contributed by atoms with E-state index in [1.807, 2.05) is 19.1 Å². The average Bonchev–Trinajstić information content (AvgIpc) is 2.18. The van der Waals surface area contributed by atoms with Crippen molar-refractivity contribution >= 4 is 21.9 Å². The topological polar surface area (TPSA) is 26.3 Å². The molecule has 15 heavy (non-hydrogen) atoms. The molecule has 2 rings (SSSR count). The first-order valence-corrected chi connectivity index (χ1v) is 5.87. The monoisotopic (exact) mass is 268 g/mol. The Kier molecular flexibility index (Phi) is 2.83. The number of carbonyl (C=O) groups excluding carboxylic acids is 1. The molecule has 0 saturated heterocycles. The van der Waals surface area contributed by atoms with E-state index in [1.54, 1.807) is 12.1 Å². The molecule has 0 bridgehead atoms. The van der Waals surface area contributed by atoms with E-state index < -0.39 is 0 Å². The summed E-state index contributed by atoms with van der Waals surface area (Å²) in [6, 6.07) is 7.32. The van der Waals surface area contributed by atoms with Crippen LogP contribution in [0.15, 0.2) is 28.7 Å². The Bertz CT molecular complexity index is 366. The summed E-state index contributed by atoms with van der Waals surface area (Å²) in [7, 11) is 0. The maximum atomic E-state index is 11.8. The van der Waals surface area contributed by atoms with Gasteiger partial charge in [0, 0.05) is 4.47 Å². The van der Waals surface area contributed by atoms with Gasteiger partial charge in [-0.3, -0.25) is 4.79 Å². The standard InChI is InChI=1S/C12H13BrO2/c1-12(7-2-8-12)11(14)15-10-5-3-9(13)4-6-10/h3-6H,2,7-8H2,1H3. The van der Waals surface area contributed by atoms with E-state index in [1.165, 1.54) is 0 Å². The van der Waals surface area contributed by atoms with Crippen molar-refractivity contribution in [2.24, 2.45) is 5.41 Å². The van der Waals surface area contributed by atoms with E-state index in [-0.39, 0.29) is 11.4 Å². The van der Waals surface area contributed by atoms with Crippen molar-refractivity contribution in [1.29, 1.82) is 0 Å². The zero-order chi connectivity index (χ0) is 10.9. The quantitative estimate of drug-likeness (QED) is 0.606. The molecule has 0 N–H and O–H groups in total. The highest BCUT2D eigenvalue weighted by Gasteiger charge is 2.41. The predicted molar refractivity (Wildman–Crippen MR) is 61.7 cm³/mol. The van der Waals surface area contributed by atoms with Crippen molar-refractivity contribution in [3.8, 4) is 5.75 Å².